The van der Waals surface area contributed by atoms with Crippen molar-refractivity contribution in [3.63, 3.8) is 0 Å². The molecule has 0 atom stereocenters. The Morgan fingerprint density at radius 1 is 1.16 bits per heavy atom. The van der Waals surface area contributed by atoms with Crippen LogP contribution in [0.2, 0.25) is 0 Å². The van der Waals surface area contributed by atoms with Gasteiger partial charge in [0.25, 0.3) is 0 Å². The fourth-order valence-corrected chi connectivity index (χ4v) is 2.78. The summed E-state index contributed by atoms with van der Waals surface area (Å²) < 4.78 is 0. The van der Waals surface area contributed by atoms with E-state index in [2.05, 4.69) is 47.2 Å². The van der Waals surface area contributed by atoms with Crippen LogP contribution in [0.15, 0.2) is 24.4 Å². The normalized spacial score (nSPS) is 15.4. The van der Waals surface area contributed by atoms with Crippen molar-refractivity contribution in [2.24, 2.45) is 0 Å². The number of benzene rings is 1. The van der Waals surface area contributed by atoms with Crippen LogP contribution >= 0.6 is 12.4 Å². The molecule has 0 amide bonds. The Labute approximate surface area is 120 Å². The Morgan fingerprint density at radius 2 is 1.89 bits per heavy atom. The molecular weight excluding hydrogens is 258 g/mol. The molecule has 19 heavy (non-hydrogen) atoms. The van der Waals surface area contributed by atoms with Crippen LogP contribution in [0.5, 0.6) is 0 Å². The van der Waals surface area contributed by atoms with Crippen LogP contribution in [0, 0.1) is 13.8 Å². The summed E-state index contributed by atoms with van der Waals surface area (Å²) in [6, 6.07) is 6.61. The van der Waals surface area contributed by atoms with Gasteiger partial charge in [-0.1, -0.05) is 11.6 Å². The summed E-state index contributed by atoms with van der Waals surface area (Å²) in [7, 11) is 0. The van der Waals surface area contributed by atoms with E-state index in [1.807, 2.05) is 6.20 Å². The lowest BCUT2D eigenvalue weighted by molar-refractivity contribution is 0.590. The summed E-state index contributed by atoms with van der Waals surface area (Å²) >= 11 is 0. The number of anilines is 1. The highest BCUT2D eigenvalue weighted by Crippen LogP contribution is 2.28. The van der Waals surface area contributed by atoms with E-state index < -0.39 is 0 Å². The van der Waals surface area contributed by atoms with Gasteiger partial charge in [-0.05, 0) is 31.5 Å². The largest absolute Gasteiger partial charge is 0.368 e. The maximum atomic E-state index is 4.54. The predicted molar refractivity (Wildman–Crippen MR) is 83.5 cm³/mol. The summed E-state index contributed by atoms with van der Waals surface area (Å²) in [5, 5.41) is 4.69. The zero-order chi connectivity index (χ0) is 12.5. The Bertz CT molecular complexity index is 577. The highest BCUT2D eigenvalue weighted by Gasteiger charge is 2.14. The third kappa shape index (κ3) is 2.67. The number of halogens is 1. The summed E-state index contributed by atoms with van der Waals surface area (Å²) in [6.45, 7) is 8.58. The minimum atomic E-state index is 0. The number of piperazine rings is 1. The van der Waals surface area contributed by atoms with Crippen molar-refractivity contribution in [1.29, 1.82) is 0 Å². The summed E-state index contributed by atoms with van der Waals surface area (Å²) in [4.78, 5) is 6.99. The smallest absolute Gasteiger partial charge is 0.0752 e. The van der Waals surface area contributed by atoms with Gasteiger partial charge in [0.15, 0.2) is 0 Å². The van der Waals surface area contributed by atoms with Gasteiger partial charge in [-0.25, -0.2) is 0 Å². The molecule has 3 rings (SSSR count). The standard InChI is InChI=1S/C15H19N3.ClH/c1-11-9-12(2)15-13(10-11)14(3-4-17-15)18-7-5-16-6-8-18;/h3-4,9-10,16H,5-8H2,1-2H3;1H. The number of hydrogen-bond acceptors (Lipinski definition) is 3. The average molecular weight is 278 g/mol. The first-order valence-corrected chi connectivity index (χ1v) is 6.57. The van der Waals surface area contributed by atoms with Gasteiger partial charge in [-0.15, -0.1) is 12.4 Å². The fourth-order valence-electron chi connectivity index (χ4n) is 2.78. The van der Waals surface area contributed by atoms with Crippen LogP contribution in [-0.4, -0.2) is 31.2 Å². The van der Waals surface area contributed by atoms with Crippen LogP contribution in [0.1, 0.15) is 11.1 Å². The van der Waals surface area contributed by atoms with E-state index in [-0.39, 0.29) is 12.4 Å². The molecule has 4 heteroatoms. The molecule has 3 nitrogen and oxygen atoms in total. The molecule has 0 bridgehead atoms. The van der Waals surface area contributed by atoms with Crippen LogP contribution in [-0.2, 0) is 0 Å². The van der Waals surface area contributed by atoms with E-state index in [1.165, 1.54) is 22.2 Å². The third-order valence-electron chi connectivity index (χ3n) is 3.61. The van der Waals surface area contributed by atoms with Crippen molar-refractivity contribution in [2.45, 2.75) is 13.8 Å². The molecule has 1 aliphatic heterocycles. The molecule has 1 N–H and O–H groups in total. The van der Waals surface area contributed by atoms with Crippen molar-refractivity contribution in [3.05, 3.63) is 35.5 Å². The molecule has 1 aliphatic rings. The van der Waals surface area contributed by atoms with Crippen LogP contribution in [0.3, 0.4) is 0 Å². The Morgan fingerprint density at radius 3 is 2.63 bits per heavy atom. The highest BCUT2D eigenvalue weighted by atomic mass is 35.5. The minimum absolute atomic E-state index is 0. The summed E-state index contributed by atoms with van der Waals surface area (Å²) in [5.41, 5.74) is 5.04. The third-order valence-corrected chi connectivity index (χ3v) is 3.61. The lowest BCUT2D eigenvalue weighted by Gasteiger charge is -2.30. The van der Waals surface area contributed by atoms with Gasteiger partial charge in [-0.2, -0.15) is 0 Å². The molecule has 0 spiro atoms. The topological polar surface area (TPSA) is 28.2 Å². The first-order chi connectivity index (χ1) is 8.75. The molecule has 1 aromatic carbocycles. The van der Waals surface area contributed by atoms with E-state index in [9.17, 15) is 0 Å². The monoisotopic (exact) mass is 277 g/mol. The maximum absolute atomic E-state index is 4.54. The number of fused-ring (bicyclic) bond motifs is 1. The Hall–Kier alpha value is -1.32. The molecule has 2 heterocycles. The SMILES string of the molecule is Cc1cc(C)c2nccc(N3CCNCC3)c2c1.Cl. The van der Waals surface area contributed by atoms with Gasteiger partial charge >= 0.3 is 0 Å². The van der Waals surface area contributed by atoms with Gasteiger partial charge in [0.1, 0.15) is 0 Å². The first kappa shape index (κ1) is 14.1. The number of pyridine rings is 1. The number of nitrogens with zero attached hydrogens (tertiary/aromatic N) is 2. The molecule has 2 aromatic rings. The fraction of sp³-hybridized carbons (Fsp3) is 0.400. The van der Waals surface area contributed by atoms with Crippen molar-refractivity contribution in [3.8, 4) is 0 Å². The predicted octanol–water partition coefficient (Wildman–Crippen LogP) is 2.68. The Balaban J connectivity index is 0.00000133. The van der Waals surface area contributed by atoms with Crippen molar-refractivity contribution >= 4 is 29.0 Å². The van der Waals surface area contributed by atoms with Crippen molar-refractivity contribution < 1.29 is 0 Å². The molecule has 0 aliphatic carbocycles. The van der Waals surface area contributed by atoms with Crippen molar-refractivity contribution in [1.82, 2.24) is 10.3 Å². The lowest BCUT2D eigenvalue weighted by Crippen LogP contribution is -2.43. The molecular formula is C15H20ClN3. The number of aryl methyl sites for hydroxylation is 2. The van der Waals surface area contributed by atoms with Crippen molar-refractivity contribution in [2.75, 3.05) is 31.1 Å². The van der Waals surface area contributed by atoms with E-state index in [0.717, 1.165) is 31.7 Å². The molecule has 102 valence electrons. The van der Waals surface area contributed by atoms with E-state index in [0.29, 0.717) is 0 Å². The van der Waals surface area contributed by atoms with Gasteiger partial charge < -0.3 is 10.2 Å². The number of aromatic nitrogens is 1. The van der Waals surface area contributed by atoms with Gasteiger partial charge in [0.05, 0.1) is 5.52 Å². The second-order valence-electron chi connectivity index (χ2n) is 5.05. The van der Waals surface area contributed by atoms with E-state index in [1.54, 1.807) is 0 Å². The average Bonchev–Trinajstić information content (AvgIpc) is 2.39. The van der Waals surface area contributed by atoms with Crippen LogP contribution < -0.4 is 10.2 Å². The molecule has 1 saturated heterocycles. The molecule has 0 radical (unpaired) electrons. The van der Waals surface area contributed by atoms with Gasteiger partial charge in [0, 0.05) is 43.4 Å². The maximum Gasteiger partial charge on any atom is 0.0752 e. The molecule has 0 saturated carbocycles. The first-order valence-electron chi connectivity index (χ1n) is 6.57. The zero-order valence-electron chi connectivity index (χ0n) is 11.4. The molecule has 1 aromatic heterocycles. The minimum Gasteiger partial charge on any atom is -0.368 e. The summed E-state index contributed by atoms with van der Waals surface area (Å²) in [6.07, 6.45) is 1.93. The molecule has 1 fully saturated rings. The lowest BCUT2D eigenvalue weighted by atomic mass is 10.0. The second kappa shape index (κ2) is 5.76. The van der Waals surface area contributed by atoms with Crippen LogP contribution in [0.25, 0.3) is 10.9 Å². The van der Waals surface area contributed by atoms with E-state index in [4.69, 9.17) is 0 Å². The highest BCUT2D eigenvalue weighted by molar-refractivity contribution is 5.94. The molecule has 0 unspecified atom stereocenters. The summed E-state index contributed by atoms with van der Waals surface area (Å²) in [5.74, 6) is 0. The van der Waals surface area contributed by atoms with E-state index >= 15 is 0 Å². The van der Waals surface area contributed by atoms with Gasteiger partial charge in [-0.3, -0.25) is 4.98 Å². The van der Waals surface area contributed by atoms with Crippen LogP contribution in [0.4, 0.5) is 5.69 Å². The second-order valence-corrected chi connectivity index (χ2v) is 5.05. The van der Waals surface area contributed by atoms with Gasteiger partial charge in [0.2, 0.25) is 0 Å². The zero-order valence-corrected chi connectivity index (χ0v) is 12.3. The Kier molecular flexibility index (Phi) is 4.27. The number of rotatable bonds is 1. The quantitative estimate of drug-likeness (QED) is 0.869. The number of nitrogens with one attached hydrogen (secondary N) is 1. The number of hydrogen-bond donors (Lipinski definition) is 1.